The fourth-order valence-corrected chi connectivity index (χ4v) is 3.50. The second-order valence-corrected chi connectivity index (χ2v) is 8.16. The molecule has 0 spiro atoms. The Morgan fingerprint density at radius 2 is 1.90 bits per heavy atom. The highest BCUT2D eigenvalue weighted by molar-refractivity contribution is 8.13. The smallest absolute Gasteiger partial charge is 0.268 e. The molecule has 2 saturated carbocycles. The third-order valence-electron chi connectivity index (χ3n) is 3.97. The highest BCUT2D eigenvalue weighted by atomic mass is 35.7. The quantitative estimate of drug-likeness (QED) is 0.867. The number of amides is 1. The van der Waals surface area contributed by atoms with Gasteiger partial charge in [0.1, 0.15) is 10.6 Å². The monoisotopic (exact) mass is 316 g/mol. The van der Waals surface area contributed by atoms with Gasteiger partial charge in [0, 0.05) is 29.0 Å². The Kier molecular flexibility index (Phi) is 3.54. The molecule has 3 rings (SSSR count). The molecule has 7 heteroatoms. The Bertz CT molecular complexity index is 628. The molecular weight excluding hydrogens is 300 g/mol. The molecule has 0 saturated heterocycles. The number of halogens is 1. The zero-order chi connectivity index (χ0) is 14.3. The van der Waals surface area contributed by atoms with Crippen molar-refractivity contribution < 1.29 is 13.2 Å². The summed E-state index contributed by atoms with van der Waals surface area (Å²) in [6.45, 7) is 0. The van der Waals surface area contributed by atoms with Crippen molar-refractivity contribution in [2.45, 2.75) is 55.5 Å². The number of hydrogen-bond acceptors (Lipinski definition) is 3. The molecule has 1 amide bonds. The molecule has 2 aliphatic carbocycles. The molecule has 1 heterocycles. The molecule has 0 atom stereocenters. The number of carbonyl (C=O) groups is 1. The Hall–Kier alpha value is -1.01. The Morgan fingerprint density at radius 3 is 2.45 bits per heavy atom. The number of carbonyl (C=O) groups excluding carboxylic acids is 1. The summed E-state index contributed by atoms with van der Waals surface area (Å²) < 4.78 is 24.6. The van der Waals surface area contributed by atoms with E-state index in [-0.39, 0.29) is 22.9 Å². The SMILES string of the molecule is O=C(NC1CCCC1)c1cc(S(=O)(=O)Cl)cn1C1CC1. The van der Waals surface area contributed by atoms with Crippen molar-refractivity contribution in [2.75, 3.05) is 0 Å². The maximum absolute atomic E-state index is 12.3. The molecule has 0 unspecified atom stereocenters. The summed E-state index contributed by atoms with van der Waals surface area (Å²) in [5.74, 6) is -0.199. The number of rotatable bonds is 4. The van der Waals surface area contributed by atoms with Crippen molar-refractivity contribution in [1.29, 1.82) is 0 Å². The van der Waals surface area contributed by atoms with Crippen LogP contribution in [-0.4, -0.2) is 24.9 Å². The standard InChI is InChI=1S/C13H17ClN2O3S/c14-20(18,19)11-7-12(16(8-11)10-5-6-10)13(17)15-9-3-1-2-4-9/h7-10H,1-6H2,(H,15,17). The van der Waals surface area contributed by atoms with E-state index in [1.807, 2.05) is 0 Å². The number of aromatic nitrogens is 1. The summed E-state index contributed by atoms with van der Waals surface area (Å²) in [6, 6.07) is 1.82. The summed E-state index contributed by atoms with van der Waals surface area (Å²) in [5.41, 5.74) is 0.402. The minimum Gasteiger partial charge on any atom is -0.348 e. The second-order valence-electron chi connectivity index (χ2n) is 5.59. The van der Waals surface area contributed by atoms with Crippen LogP contribution in [0.5, 0.6) is 0 Å². The van der Waals surface area contributed by atoms with Gasteiger partial charge in [-0.1, -0.05) is 12.8 Å². The summed E-state index contributed by atoms with van der Waals surface area (Å²) in [4.78, 5) is 12.3. The first-order valence-corrected chi connectivity index (χ1v) is 9.23. The average molecular weight is 317 g/mol. The van der Waals surface area contributed by atoms with Gasteiger partial charge in [-0.15, -0.1) is 0 Å². The van der Waals surface area contributed by atoms with Crippen LogP contribution >= 0.6 is 10.7 Å². The van der Waals surface area contributed by atoms with Crippen LogP contribution in [0.4, 0.5) is 0 Å². The van der Waals surface area contributed by atoms with Gasteiger partial charge in [0.25, 0.3) is 15.0 Å². The lowest BCUT2D eigenvalue weighted by Gasteiger charge is -2.13. The van der Waals surface area contributed by atoms with Gasteiger partial charge >= 0.3 is 0 Å². The molecule has 5 nitrogen and oxygen atoms in total. The first-order chi connectivity index (χ1) is 9.45. The van der Waals surface area contributed by atoms with Crippen LogP contribution in [0.1, 0.15) is 55.1 Å². The predicted molar refractivity (Wildman–Crippen MR) is 75.5 cm³/mol. The van der Waals surface area contributed by atoms with E-state index < -0.39 is 9.05 Å². The molecule has 1 N–H and O–H groups in total. The zero-order valence-electron chi connectivity index (χ0n) is 11.0. The normalized spacial score (nSPS) is 20.2. The Morgan fingerprint density at radius 1 is 1.25 bits per heavy atom. The molecule has 110 valence electrons. The first kappa shape index (κ1) is 13.9. The lowest BCUT2D eigenvalue weighted by Crippen LogP contribution is -2.33. The van der Waals surface area contributed by atoms with Crippen LogP contribution in [0, 0.1) is 0 Å². The topological polar surface area (TPSA) is 68.2 Å². The number of hydrogen-bond donors (Lipinski definition) is 1. The molecule has 1 aromatic rings. The second kappa shape index (κ2) is 5.07. The van der Waals surface area contributed by atoms with Crippen molar-refractivity contribution in [3.63, 3.8) is 0 Å². The summed E-state index contributed by atoms with van der Waals surface area (Å²) >= 11 is 0. The Balaban J connectivity index is 1.86. The lowest BCUT2D eigenvalue weighted by molar-refractivity contribution is 0.0928. The van der Waals surface area contributed by atoms with Crippen LogP contribution < -0.4 is 5.32 Å². The predicted octanol–water partition coefficient (Wildman–Crippen LogP) is 2.42. The minimum absolute atomic E-state index is 0.00244. The van der Waals surface area contributed by atoms with E-state index in [4.69, 9.17) is 10.7 Å². The van der Waals surface area contributed by atoms with E-state index in [9.17, 15) is 13.2 Å². The fourth-order valence-electron chi connectivity index (χ4n) is 2.75. The van der Waals surface area contributed by atoms with Gasteiger partial charge < -0.3 is 9.88 Å². The van der Waals surface area contributed by atoms with Gasteiger partial charge in [-0.05, 0) is 31.7 Å². The van der Waals surface area contributed by atoms with E-state index in [0.717, 1.165) is 38.5 Å². The van der Waals surface area contributed by atoms with Gasteiger partial charge in [-0.25, -0.2) is 8.42 Å². The van der Waals surface area contributed by atoms with Crippen LogP contribution in [-0.2, 0) is 9.05 Å². The van der Waals surface area contributed by atoms with E-state index in [0.29, 0.717) is 5.69 Å². The van der Waals surface area contributed by atoms with E-state index in [1.54, 1.807) is 4.57 Å². The molecule has 2 aliphatic rings. The number of nitrogens with zero attached hydrogens (tertiary/aromatic N) is 1. The van der Waals surface area contributed by atoms with Crippen molar-refractivity contribution in [1.82, 2.24) is 9.88 Å². The third-order valence-corrected chi connectivity index (χ3v) is 5.29. The van der Waals surface area contributed by atoms with Crippen molar-refractivity contribution in [2.24, 2.45) is 0 Å². The van der Waals surface area contributed by atoms with Gasteiger partial charge in [-0.3, -0.25) is 4.79 Å². The van der Waals surface area contributed by atoms with Crippen LogP contribution in [0.3, 0.4) is 0 Å². The largest absolute Gasteiger partial charge is 0.348 e. The highest BCUT2D eigenvalue weighted by Crippen LogP contribution is 2.37. The van der Waals surface area contributed by atoms with Crippen molar-refractivity contribution in [3.8, 4) is 0 Å². The summed E-state index contributed by atoms with van der Waals surface area (Å²) in [5, 5.41) is 2.99. The summed E-state index contributed by atoms with van der Waals surface area (Å²) in [7, 11) is 1.57. The Labute approximate surface area is 122 Å². The van der Waals surface area contributed by atoms with Gasteiger partial charge in [0.05, 0.1) is 0 Å². The molecule has 1 aromatic heterocycles. The van der Waals surface area contributed by atoms with E-state index in [1.165, 1.54) is 12.3 Å². The van der Waals surface area contributed by atoms with Crippen LogP contribution in [0.15, 0.2) is 17.2 Å². The number of nitrogens with one attached hydrogen (secondary N) is 1. The van der Waals surface area contributed by atoms with Crippen LogP contribution in [0.25, 0.3) is 0 Å². The van der Waals surface area contributed by atoms with E-state index >= 15 is 0 Å². The van der Waals surface area contributed by atoms with Gasteiger partial charge in [-0.2, -0.15) is 0 Å². The maximum atomic E-state index is 12.3. The molecule has 0 bridgehead atoms. The highest BCUT2D eigenvalue weighted by Gasteiger charge is 2.30. The van der Waals surface area contributed by atoms with Crippen LogP contribution in [0.2, 0.25) is 0 Å². The summed E-state index contributed by atoms with van der Waals surface area (Å²) in [6.07, 6.45) is 7.68. The minimum atomic E-state index is -3.80. The van der Waals surface area contributed by atoms with Gasteiger partial charge in [0.15, 0.2) is 0 Å². The molecule has 20 heavy (non-hydrogen) atoms. The molecule has 0 radical (unpaired) electrons. The van der Waals surface area contributed by atoms with E-state index in [2.05, 4.69) is 5.32 Å². The first-order valence-electron chi connectivity index (χ1n) is 6.92. The average Bonchev–Trinajstić information content (AvgIpc) is 2.90. The maximum Gasteiger partial charge on any atom is 0.268 e. The molecule has 0 aromatic carbocycles. The molecule has 2 fully saturated rings. The fraction of sp³-hybridized carbons (Fsp3) is 0.615. The lowest BCUT2D eigenvalue weighted by atomic mass is 10.2. The van der Waals surface area contributed by atoms with Crippen molar-refractivity contribution >= 4 is 25.6 Å². The molecular formula is C13H17ClN2O3S. The molecule has 0 aliphatic heterocycles. The van der Waals surface area contributed by atoms with Crippen molar-refractivity contribution in [3.05, 3.63) is 18.0 Å². The van der Waals surface area contributed by atoms with Gasteiger partial charge in [0.2, 0.25) is 0 Å². The third kappa shape index (κ3) is 2.86. The zero-order valence-corrected chi connectivity index (χ0v) is 12.6.